The van der Waals surface area contributed by atoms with Crippen molar-refractivity contribution in [2.24, 2.45) is 0 Å². The Hall–Kier alpha value is -2.02. The number of ether oxygens (including phenoxy) is 1. The number of anilines is 1. The molecule has 16 heavy (non-hydrogen) atoms. The van der Waals surface area contributed by atoms with E-state index in [1.807, 2.05) is 12.1 Å². The number of methoxy groups -OCH3 is 1. The summed E-state index contributed by atoms with van der Waals surface area (Å²) in [7, 11) is 1.39. The van der Waals surface area contributed by atoms with Gasteiger partial charge in [-0.2, -0.15) is 5.26 Å². The number of hydrogen-bond acceptors (Lipinski definition) is 4. The predicted molar refractivity (Wildman–Crippen MR) is 59.0 cm³/mol. The molecule has 1 heterocycles. The summed E-state index contributed by atoms with van der Waals surface area (Å²) < 4.78 is 4.65. The van der Waals surface area contributed by atoms with Gasteiger partial charge in [-0.1, -0.05) is 0 Å². The van der Waals surface area contributed by atoms with Crippen molar-refractivity contribution in [1.29, 1.82) is 5.26 Å². The largest absolute Gasteiger partial charge is 0.469 e. The zero-order valence-electron chi connectivity index (χ0n) is 8.99. The quantitative estimate of drug-likeness (QED) is 0.763. The molecule has 2 rings (SSSR count). The lowest BCUT2D eigenvalue weighted by molar-refractivity contribution is -0.140. The van der Waals surface area contributed by atoms with Crippen molar-refractivity contribution in [1.82, 2.24) is 0 Å². The van der Waals surface area contributed by atoms with Crippen LogP contribution in [0.5, 0.6) is 0 Å². The first-order valence-corrected chi connectivity index (χ1v) is 5.09. The van der Waals surface area contributed by atoms with Gasteiger partial charge in [-0.3, -0.25) is 4.79 Å². The molecule has 0 bridgehead atoms. The molecule has 0 saturated carbocycles. The fourth-order valence-electron chi connectivity index (χ4n) is 1.94. The Labute approximate surface area is 93.8 Å². The molecule has 0 radical (unpaired) electrons. The van der Waals surface area contributed by atoms with E-state index in [1.54, 1.807) is 6.07 Å². The van der Waals surface area contributed by atoms with E-state index in [4.69, 9.17) is 5.26 Å². The van der Waals surface area contributed by atoms with Crippen LogP contribution in [0.2, 0.25) is 0 Å². The summed E-state index contributed by atoms with van der Waals surface area (Å²) in [5, 5.41) is 12.0. The predicted octanol–water partition coefficient (Wildman–Crippen LogP) is 1.63. The molecule has 0 aromatic heterocycles. The van der Waals surface area contributed by atoms with Crippen LogP contribution in [0.15, 0.2) is 18.2 Å². The van der Waals surface area contributed by atoms with Gasteiger partial charge in [0, 0.05) is 18.2 Å². The minimum Gasteiger partial charge on any atom is -0.469 e. The third kappa shape index (κ3) is 1.84. The van der Waals surface area contributed by atoms with Crippen LogP contribution < -0.4 is 5.32 Å². The van der Waals surface area contributed by atoms with Gasteiger partial charge in [0.2, 0.25) is 0 Å². The number of carbonyl (C=O) groups is 1. The number of carbonyl (C=O) groups excluding carboxylic acids is 1. The first-order valence-electron chi connectivity index (χ1n) is 5.09. The average molecular weight is 216 g/mol. The van der Waals surface area contributed by atoms with Crippen molar-refractivity contribution >= 4 is 11.7 Å². The van der Waals surface area contributed by atoms with Crippen LogP contribution in [0.25, 0.3) is 0 Å². The lowest BCUT2D eigenvalue weighted by Gasteiger charge is -2.08. The maximum atomic E-state index is 11.2. The number of nitrogens with zero attached hydrogens (tertiary/aromatic N) is 1. The van der Waals surface area contributed by atoms with E-state index in [0.717, 1.165) is 17.8 Å². The van der Waals surface area contributed by atoms with Crippen LogP contribution in [0.1, 0.15) is 23.5 Å². The smallest absolute Gasteiger partial charge is 0.306 e. The fraction of sp³-hybridized carbons (Fsp3) is 0.333. The molecule has 0 amide bonds. The maximum Gasteiger partial charge on any atom is 0.306 e. The highest BCUT2D eigenvalue weighted by molar-refractivity contribution is 5.72. The van der Waals surface area contributed by atoms with Gasteiger partial charge >= 0.3 is 5.97 Å². The Bertz CT molecular complexity index is 463. The molecule has 0 fully saturated rings. The molecule has 82 valence electrons. The van der Waals surface area contributed by atoms with Crippen LogP contribution in [-0.4, -0.2) is 19.6 Å². The SMILES string of the molecule is COC(=O)CC1CNc2ccc(C#N)cc21. The fourth-order valence-corrected chi connectivity index (χ4v) is 1.94. The first kappa shape index (κ1) is 10.5. The second-order valence-corrected chi connectivity index (χ2v) is 3.77. The number of hydrogen-bond donors (Lipinski definition) is 1. The van der Waals surface area contributed by atoms with E-state index < -0.39 is 0 Å². The molecule has 1 aliphatic rings. The molecule has 4 nitrogen and oxygen atoms in total. The first-order chi connectivity index (χ1) is 7.74. The normalized spacial score (nSPS) is 17.1. The van der Waals surface area contributed by atoms with Crippen molar-refractivity contribution < 1.29 is 9.53 Å². The number of rotatable bonds is 2. The molecule has 1 unspecified atom stereocenters. The van der Waals surface area contributed by atoms with Crippen LogP contribution in [0.4, 0.5) is 5.69 Å². The molecule has 4 heteroatoms. The van der Waals surface area contributed by atoms with Gasteiger partial charge in [-0.05, 0) is 23.8 Å². The van der Waals surface area contributed by atoms with Crippen LogP contribution >= 0.6 is 0 Å². The molecule has 1 aliphatic heterocycles. The maximum absolute atomic E-state index is 11.2. The lowest BCUT2D eigenvalue weighted by atomic mass is 9.96. The van der Waals surface area contributed by atoms with Crippen molar-refractivity contribution in [2.45, 2.75) is 12.3 Å². The molecule has 1 atom stereocenters. The third-order valence-corrected chi connectivity index (χ3v) is 2.80. The van der Waals surface area contributed by atoms with E-state index >= 15 is 0 Å². The van der Waals surface area contributed by atoms with Crippen molar-refractivity contribution in [3.8, 4) is 6.07 Å². The summed E-state index contributed by atoms with van der Waals surface area (Å²) in [6.45, 7) is 0.722. The third-order valence-electron chi connectivity index (χ3n) is 2.80. The van der Waals surface area contributed by atoms with Crippen molar-refractivity contribution in [2.75, 3.05) is 19.0 Å². The Morgan fingerprint density at radius 2 is 2.50 bits per heavy atom. The Kier molecular flexibility index (Phi) is 2.78. The topological polar surface area (TPSA) is 62.1 Å². The van der Waals surface area contributed by atoms with Gasteiger partial charge in [-0.25, -0.2) is 0 Å². The Morgan fingerprint density at radius 1 is 1.69 bits per heavy atom. The van der Waals surface area contributed by atoms with E-state index in [9.17, 15) is 4.79 Å². The summed E-state index contributed by atoms with van der Waals surface area (Å²) in [5.74, 6) is -0.113. The number of nitrogens with one attached hydrogen (secondary N) is 1. The molecule has 0 spiro atoms. The Morgan fingerprint density at radius 3 is 3.19 bits per heavy atom. The van der Waals surface area contributed by atoms with Gasteiger partial charge in [0.05, 0.1) is 25.2 Å². The van der Waals surface area contributed by atoms with Crippen molar-refractivity contribution in [3.05, 3.63) is 29.3 Å². The summed E-state index contributed by atoms with van der Waals surface area (Å²) in [6.07, 6.45) is 0.353. The van der Waals surface area contributed by atoms with Crippen molar-refractivity contribution in [3.63, 3.8) is 0 Å². The van der Waals surface area contributed by atoms with E-state index in [0.29, 0.717) is 12.0 Å². The zero-order valence-corrected chi connectivity index (χ0v) is 8.99. The summed E-state index contributed by atoms with van der Waals surface area (Å²) in [5.41, 5.74) is 2.66. The van der Waals surface area contributed by atoms with Gasteiger partial charge < -0.3 is 10.1 Å². The molecular formula is C12H12N2O2. The monoisotopic (exact) mass is 216 g/mol. The van der Waals surface area contributed by atoms with Gasteiger partial charge in [0.15, 0.2) is 0 Å². The molecule has 1 aromatic rings. The second kappa shape index (κ2) is 4.23. The summed E-state index contributed by atoms with van der Waals surface area (Å²) in [6, 6.07) is 7.59. The number of esters is 1. The van der Waals surface area contributed by atoms with Gasteiger partial charge in [0.1, 0.15) is 0 Å². The van der Waals surface area contributed by atoms with Crippen LogP contribution in [0, 0.1) is 11.3 Å². The van der Waals surface area contributed by atoms with Gasteiger partial charge in [0.25, 0.3) is 0 Å². The van der Waals surface area contributed by atoms with E-state index in [-0.39, 0.29) is 11.9 Å². The minimum absolute atomic E-state index is 0.107. The molecular weight excluding hydrogens is 204 g/mol. The molecule has 0 saturated heterocycles. The van der Waals surface area contributed by atoms with Gasteiger partial charge in [-0.15, -0.1) is 0 Å². The summed E-state index contributed by atoms with van der Waals surface area (Å²) in [4.78, 5) is 11.2. The highest BCUT2D eigenvalue weighted by atomic mass is 16.5. The highest BCUT2D eigenvalue weighted by Gasteiger charge is 2.24. The summed E-state index contributed by atoms with van der Waals surface area (Å²) >= 11 is 0. The second-order valence-electron chi connectivity index (χ2n) is 3.77. The van der Waals surface area contributed by atoms with E-state index in [2.05, 4.69) is 16.1 Å². The van der Waals surface area contributed by atoms with Crippen LogP contribution in [0.3, 0.4) is 0 Å². The standard InChI is InChI=1S/C12H12N2O2/c1-16-12(15)5-9-7-14-11-3-2-8(6-13)4-10(9)11/h2-4,9,14H,5,7H2,1H3. The van der Waals surface area contributed by atoms with E-state index in [1.165, 1.54) is 7.11 Å². The number of fused-ring (bicyclic) bond motifs is 1. The lowest BCUT2D eigenvalue weighted by Crippen LogP contribution is -2.10. The Balaban J connectivity index is 2.24. The number of nitriles is 1. The zero-order chi connectivity index (χ0) is 11.5. The van der Waals surface area contributed by atoms with Crippen LogP contribution in [-0.2, 0) is 9.53 Å². The molecule has 1 aromatic carbocycles. The number of benzene rings is 1. The molecule has 0 aliphatic carbocycles. The average Bonchev–Trinajstić information content (AvgIpc) is 2.71. The highest BCUT2D eigenvalue weighted by Crippen LogP contribution is 2.34. The molecule has 1 N–H and O–H groups in total. The minimum atomic E-state index is -0.220.